The lowest BCUT2D eigenvalue weighted by Crippen LogP contribution is -2.27. The van der Waals surface area contributed by atoms with Gasteiger partial charge in [-0.05, 0) is 19.8 Å². The lowest BCUT2D eigenvalue weighted by Gasteiger charge is -2.21. The minimum Gasteiger partial charge on any atom is -0.466 e. The van der Waals surface area contributed by atoms with Crippen molar-refractivity contribution in [2.75, 3.05) is 7.11 Å². The first kappa shape index (κ1) is 11.1. The van der Waals surface area contributed by atoms with Crippen molar-refractivity contribution in [1.29, 1.82) is 0 Å². The third kappa shape index (κ3) is 3.40. The summed E-state index contributed by atoms with van der Waals surface area (Å²) >= 11 is 0. The van der Waals surface area contributed by atoms with Gasteiger partial charge in [-0.1, -0.05) is 19.3 Å². The minimum absolute atomic E-state index is 0.256. The van der Waals surface area contributed by atoms with Gasteiger partial charge >= 0.3 is 5.97 Å². The molecule has 0 radical (unpaired) electrons. The van der Waals surface area contributed by atoms with Crippen LogP contribution in [0, 0.1) is 0 Å². The number of carbonyl (C=O) groups is 1. The van der Waals surface area contributed by atoms with Crippen molar-refractivity contribution in [3.63, 3.8) is 0 Å². The second-order valence-corrected chi connectivity index (χ2v) is 3.82. The molecule has 1 aliphatic rings. The maximum Gasteiger partial charge on any atom is 0.334 e. The Kier molecular flexibility index (Phi) is 4.50. The molecule has 1 aliphatic carbocycles. The molecule has 1 fully saturated rings. The summed E-state index contributed by atoms with van der Waals surface area (Å²) in [4.78, 5) is 11.1. The van der Waals surface area contributed by atoms with E-state index in [9.17, 15) is 4.79 Å². The largest absolute Gasteiger partial charge is 0.466 e. The van der Waals surface area contributed by atoms with Crippen molar-refractivity contribution in [2.45, 2.75) is 45.1 Å². The summed E-state index contributed by atoms with van der Waals surface area (Å²) in [5, 5.41) is 3.27. The Balaban J connectivity index is 2.33. The molecule has 0 aromatic heterocycles. The zero-order chi connectivity index (χ0) is 10.4. The molecule has 0 aromatic carbocycles. The van der Waals surface area contributed by atoms with E-state index in [4.69, 9.17) is 0 Å². The van der Waals surface area contributed by atoms with Gasteiger partial charge in [0.25, 0.3) is 0 Å². The van der Waals surface area contributed by atoms with Crippen molar-refractivity contribution in [1.82, 2.24) is 5.32 Å². The van der Waals surface area contributed by atoms with Gasteiger partial charge in [-0.15, -0.1) is 0 Å². The molecule has 14 heavy (non-hydrogen) atoms. The topological polar surface area (TPSA) is 38.3 Å². The SMILES string of the molecule is COC(=O)C(C)=CNC1CCCCC1. The van der Waals surface area contributed by atoms with Gasteiger partial charge in [0.1, 0.15) is 0 Å². The molecule has 0 spiro atoms. The van der Waals surface area contributed by atoms with Gasteiger partial charge in [-0.3, -0.25) is 0 Å². The number of carbonyl (C=O) groups excluding carboxylic acids is 1. The van der Waals surface area contributed by atoms with E-state index in [0.29, 0.717) is 11.6 Å². The van der Waals surface area contributed by atoms with Gasteiger partial charge < -0.3 is 10.1 Å². The van der Waals surface area contributed by atoms with E-state index in [1.807, 2.05) is 0 Å². The molecule has 1 rings (SSSR count). The fourth-order valence-corrected chi connectivity index (χ4v) is 1.73. The first-order valence-electron chi connectivity index (χ1n) is 5.25. The van der Waals surface area contributed by atoms with E-state index < -0.39 is 0 Å². The fraction of sp³-hybridized carbons (Fsp3) is 0.727. The number of methoxy groups -OCH3 is 1. The Hall–Kier alpha value is -0.990. The van der Waals surface area contributed by atoms with Crippen molar-refractivity contribution in [3.8, 4) is 0 Å². The second kappa shape index (κ2) is 5.68. The Morgan fingerprint density at radius 1 is 1.36 bits per heavy atom. The van der Waals surface area contributed by atoms with Crippen LogP contribution in [0.15, 0.2) is 11.8 Å². The highest BCUT2D eigenvalue weighted by Crippen LogP contribution is 2.17. The highest BCUT2D eigenvalue weighted by Gasteiger charge is 2.11. The van der Waals surface area contributed by atoms with Gasteiger partial charge in [0.2, 0.25) is 0 Å². The van der Waals surface area contributed by atoms with Crippen molar-refractivity contribution in [3.05, 3.63) is 11.8 Å². The summed E-state index contributed by atoms with van der Waals surface area (Å²) in [6.07, 6.45) is 8.14. The lowest BCUT2D eigenvalue weighted by atomic mass is 9.96. The summed E-state index contributed by atoms with van der Waals surface area (Å²) < 4.78 is 4.60. The van der Waals surface area contributed by atoms with Crippen molar-refractivity contribution in [2.24, 2.45) is 0 Å². The van der Waals surface area contributed by atoms with Crippen LogP contribution in [0.4, 0.5) is 0 Å². The molecule has 0 unspecified atom stereocenters. The molecular weight excluding hydrogens is 178 g/mol. The molecule has 3 heteroatoms. The van der Waals surface area contributed by atoms with Crippen LogP contribution in [0.3, 0.4) is 0 Å². The normalized spacial score (nSPS) is 19.1. The molecule has 0 saturated heterocycles. The van der Waals surface area contributed by atoms with E-state index in [0.717, 1.165) is 0 Å². The average Bonchev–Trinajstić information content (AvgIpc) is 2.26. The Morgan fingerprint density at radius 2 is 2.00 bits per heavy atom. The standard InChI is InChI=1S/C11H19NO2/c1-9(11(13)14-2)8-12-10-6-4-3-5-7-10/h8,10,12H,3-7H2,1-2H3. The predicted molar refractivity (Wildman–Crippen MR) is 55.8 cm³/mol. The molecule has 80 valence electrons. The number of rotatable bonds is 3. The molecule has 1 saturated carbocycles. The maximum absolute atomic E-state index is 11.1. The van der Waals surface area contributed by atoms with Crippen molar-refractivity contribution < 1.29 is 9.53 Å². The first-order valence-corrected chi connectivity index (χ1v) is 5.25. The molecular formula is C11H19NO2. The van der Waals surface area contributed by atoms with Crippen molar-refractivity contribution >= 4 is 5.97 Å². The molecule has 0 heterocycles. The van der Waals surface area contributed by atoms with Crippen LogP contribution >= 0.6 is 0 Å². The Bertz CT molecular complexity index is 217. The molecule has 1 N–H and O–H groups in total. The van der Waals surface area contributed by atoms with E-state index in [1.54, 1.807) is 13.1 Å². The van der Waals surface area contributed by atoms with Gasteiger partial charge in [0, 0.05) is 17.8 Å². The van der Waals surface area contributed by atoms with Crippen LogP contribution < -0.4 is 5.32 Å². The molecule has 0 atom stereocenters. The van der Waals surface area contributed by atoms with Crippen LogP contribution in [-0.4, -0.2) is 19.1 Å². The smallest absolute Gasteiger partial charge is 0.334 e. The quantitative estimate of drug-likeness (QED) is 0.555. The maximum atomic E-state index is 11.1. The molecule has 0 aromatic rings. The number of esters is 1. The van der Waals surface area contributed by atoms with Gasteiger partial charge in [-0.25, -0.2) is 4.79 Å². The number of hydrogen-bond acceptors (Lipinski definition) is 3. The van der Waals surface area contributed by atoms with E-state index >= 15 is 0 Å². The number of ether oxygens (including phenoxy) is 1. The number of nitrogens with one attached hydrogen (secondary N) is 1. The van der Waals surface area contributed by atoms with Gasteiger partial charge in [0.05, 0.1) is 7.11 Å². The third-order valence-electron chi connectivity index (χ3n) is 2.65. The third-order valence-corrected chi connectivity index (χ3v) is 2.65. The summed E-state index contributed by atoms with van der Waals surface area (Å²) in [5.74, 6) is -0.256. The molecule has 0 bridgehead atoms. The fourth-order valence-electron chi connectivity index (χ4n) is 1.73. The average molecular weight is 197 g/mol. The van der Waals surface area contributed by atoms with Crippen LogP contribution in [0.25, 0.3) is 0 Å². The van der Waals surface area contributed by atoms with Crippen LogP contribution in [0.5, 0.6) is 0 Å². The summed E-state index contributed by atoms with van der Waals surface area (Å²) in [7, 11) is 1.40. The highest BCUT2D eigenvalue weighted by atomic mass is 16.5. The molecule has 3 nitrogen and oxygen atoms in total. The van der Waals surface area contributed by atoms with E-state index in [-0.39, 0.29) is 5.97 Å². The zero-order valence-corrected chi connectivity index (χ0v) is 9.01. The Morgan fingerprint density at radius 3 is 2.57 bits per heavy atom. The minimum atomic E-state index is -0.256. The van der Waals surface area contributed by atoms with Gasteiger partial charge in [0.15, 0.2) is 0 Å². The van der Waals surface area contributed by atoms with Crippen LogP contribution in [-0.2, 0) is 9.53 Å². The summed E-state index contributed by atoms with van der Waals surface area (Å²) in [6.45, 7) is 1.77. The monoisotopic (exact) mass is 197 g/mol. The summed E-state index contributed by atoms with van der Waals surface area (Å²) in [6, 6.07) is 0.545. The van der Waals surface area contributed by atoms with E-state index in [1.165, 1.54) is 39.2 Å². The zero-order valence-electron chi connectivity index (χ0n) is 9.01. The molecule has 0 amide bonds. The molecule has 0 aliphatic heterocycles. The van der Waals surface area contributed by atoms with Crippen LogP contribution in [0.2, 0.25) is 0 Å². The van der Waals surface area contributed by atoms with Gasteiger partial charge in [-0.2, -0.15) is 0 Å². The predicted octanol–water partition coefficient (Wildman–Crippen LogP) is 1.99. The lowest BCUT2D eigenvalue weighted by molar-refractivity contribution is -0.136. The van der Waals surface area contributed by atoms with E-state index in [2.05, 4.69) is 10.1 Å². The second-order valence-electron chi connectivity index (χ2n) is 3.82. The summed E-state index contributed by atoms with van der Waals surface area (Å²) in [5.41, 5.74) is 0.637. The number of hydrogen-bond donors (Lipinski definition) is 1. The highest BCUT2D eigenvalue weighted by molar-refractivity contribution is 5.87. The Labute approximate surface area is 85.5 Å². The first-order chi connectivity index (χ1) is 6.74. The van der Waals surface area contributed by atoms with Crippen LogP contribution in [0.1, 0.15) is 39.0 Å².